The largest absolute Gasteiger partial charge is 0.453 e. The van der Waals surface area contributed by atoms with Gasteiger partial charge in [0.15, 0.2) is 11.6 Å². The van der Waals surface area contributed by atoms with Gasteiger partial charge >= 0.3 is 0 Å². The van der Waals surface area contributed by atoms with Crippen LogP contribution in [0.2, 0.25) is 0 Å². The molecule has 0 unspecified atom stereocenters. The van der Waals surface area contributed by atoms with Gasteiger partial charge in [0, 0.05) is 10.9 Å². The Hall–Kier alpha value is -1.47. The van der Waals surface area contributed by atoms with Crippen molar-refractivity contribution in [1.29, 1.82) is 0 Å². The molecule has 0 atom stereocenters. The molecule has 0 aliphatic heterocycles. The third-order valence-corrected chi connectivity index (χ3v) is 4.08. The van der Waals surface area contributed by atoms with Crippen LogP contribution < -0.4 is 4.74 Å². The number of nitro benzene ring substituents is 1. The number of aryl methyl sites for hydroxylation is 1. The van der Waals surface area contributed by atoms with E-state index >= 15 is 0 Å². The minimum absolute atomic E-state index is 0.0506. The maximum atomic E-state index is 13.9. The van der Waals surface area contributed by atoms with Crippen LogP contribution in [0, 0.1) is 22.9 Å². The molecule has 0 N–H and O–H groups in total. The van der Waals surface area contributed by atoms with E-state index in [-0.39, 0.29) is 11.4 Å². The van der Waals surface area contributed by atoms with Crippen molar-refractivity contribution >= 4 is 37.5 Å². The zero-order valence-corrected chi connectivity index (χ0v) is 14.1. The Morgan fingerprint density at radius 2 is 2.00 bits per heavy atom. The van der Waals surface area contributed by atoms with E-state index in [0.29, 0.717) is 21.1 Å². The molecule has 0 aliphatic carbocycles. The van der Waals surface area contributed by atoms with Crippen molar-refractivity contribution in [3.8, 4) is 11.5 Å². The summed E-state index contributed by atoms with van der Waals surface area (Å²) in [5.41, 5.74) is 1.10. The minimum atomic E-state index is -0.774. The SMILES string of the molecule is Cc1cc(Oc2ccc(CBr)cc2Br)c(F)cc1[N+](=O)[O-]. The van der Waals surface area contributed by atoms with Crippen molar-refractivity contribution in [3.05, 3.63) is 61.9 Å². The first-order valence-electron chi connectivity index (χ1n) is 5.89. The Morgan fingerprint density at radius 3 is 2.57 bits per heavy atom. The molecule has 2 rings (SSSR count). The van der Waals surface area contributed by atoms with E-state index in [2.05, 4.69) is 31.9 Å². The second-order valence-electron chi connectivity index (χ2n) is 4.33. The summed E-state index contributed by atoms with van der Waals surface area (Å²) in [6.07, 6.45) is 0. The predicted octanol–water partition coefficient (Wildman–Crippen LogP) is 5.49. The Morgan fingerprint density at radius 1 is 1.29 bits per heavy atom. The molecule has 0 saturated heterocycles. The Balaban J connectivity index is 2.36. The molecule has 0 heterocycles. The summed E-state index contributed by atoms with van der Waals surface area (Å²) in [4.78, 5) is 10.1. The number of alkyl halides is 1. The Labute approximate surface area is 137 Å². The summed E-state index contributed by atoms with van der Waals surface area (Å²) in [5.74, 6) is -0.388. The van der Waals surface area contributed by atoms with Crippen molar-refractivity contribution in [2.75, 3.05) is 0 Å². The number of benzene rings is 2. The number of rotatable bonds is 4. The highest BCUT2D eigenvalue weighted by atomic mass is 79.9. The normalized spacial score (nSPS) is 10.5. The Kier molecular flexibility index (Phi) is 4.95. The van der Waals surface area contributed by atoms with Crippen LogP contribution in [0.5, 0.6) is 11.5 Å². The highest BCUT2D eigenvalue weighted by Crippen LogP contribution is 2.34. The van der Waals surface area contributed by atoms with Crippen LogP contribution in [0.1, 0.15) is 11.1 Å². The number of nitrogens with zero attached hydrogens (tertiary/aromatic N) is 1. The molecule has 0 aromatic heterocycles. The summed E-state index contributed by atoms with van der Waals surface area (Å²) < 4.78 is 20.1. The lowest BCUT2D eigenvalue weighted by Crippen LogP contribution is -1.96. The standard InChI is InChI=1S/C14H10Br2FNO3/c1-8-4-14(11(17)6-12(8)18(19)20)21-13-3-2-9(7-15)5-10(13)16/h2-6H,7H2,1H3. The van der Waals surface area contributed by atoms with Crippen LogP contribution in [0.3, 0.4) is 0 Å². The van der Waals surface area contributed by atoms with Gasteiger partial charge in [0.05, 0.1) is 15.5 Å². The van der Waals surface area contributed by atoms with Crippen LogP contribution >= 0.6 is 31.9 Å². The maximum Gasteiger partial charge on any atom is 0.275 e. The third-order valence-electron chi connectivity index (χ3n) is 2.82. The van der Waals surface area contributed by atoms with Crippen molar-refractivity contribution < 1.29 is 14.1 Å². The molecule has 7 heteroatoms. The van der Waals surface area contributed by atoms with Gasteiger partial charge in [0.25, 0.3) is 5.69 Å². The van der Waals surface area contributed by atoms with E-state index in [1.807, 2.05) is 12.1 Å². The average Bonchev–Trinajstić information content (AvgIpc) is 2.44. The molecule has 21 heavy (non-hydrogen) atoms. The van der Waals surface area contributed by atoms with Gasteiger partial charge in [-0.1, -0.05) is 22.0 Å². The topological polar surface area (TPSA) is 52.4 Å². The lowest BCUT2D eigenvalue weighted by molar-refractivity contribution is -0.385. The van der Waals surface area contributed by atoms with Crippen LogP contribution in [0.4, 0.5) is 10.1 Å². The molecule has 2 aromatic carbocycles. The van der Waals surface area contributed by atoms with Gasteiger partial charge in [-0.25, -0.2) is 4.39 Å². The zero-order chi connectivity index (χ0) is 15.6. The monoisotopic (exact) mass is 417 g/mol. The quantitative estimate of drug-likeness (QED) is 0.374. The minimum Gasteiger partial charge on any atom is -0.453 e. The molecule has 0 spiro atoms. The van der Waals surface area contributed by atoms with E-state index < -0.39 is 10.7 Å². The van der Waals surface area contributed by atoms with E-state index in [1.165, 1.54) is 13.0 Å². The number of ether oxygens (including phenoxy) is 1. The van der Waals surface area contributed by atoms with Crippen LogP contribution in [-0.2, 0) is 5.33 Å². The fourth-order valence-corrected chi connectivity index (χ4v) is 2.60. The van der Waals surface area contributed by atoms with Gasteiger partial charge in [-0.2, -0.15) is 0 Å². The maximum absolute atomic E-state index is 13.9. The lowest BCUT2D eigenvalue weighted by Gasteiger charge is -2.10. The summed E-state index contributed by atoms with van der Waals surface area (Å²) in [6.45, 7) is 1.54. The smallest absolute Gasteiger partial charge is 0.275 e. The highest BCUT2D eigenvalue weighted by molar-refractivity contribution is 9.10. The molecule has 0 aliphatic rings. The van der Waals surface area contributed by atoms with Crippen LogP contribution in [0.15, 0.2) is 34.8 Å². The number of nitro groups is 1. The predicted molar refractivity (Wildman–Crippen MR) is 84.6 cm³/mol. The average molecular weight is 419 g/mol. The van der Waals surface area contributed by atoms with Gasteiger partial charge in [-0.05, 0) is 46.6 Å². The fraction of sp³-hybridized carbons (Fsp3) is 0.143. The molecule has 2 aromatic rings. The molecule has 0 saturated carbocycles. The van der Waals surface area contributed by atoms with Gasteiger partial charge < -0.3 is 4.74 Å². The van der Waals surface area contributed by atoms with Gasteiger partial charge in [-0.3, -0.25) is 10.1 Å². The second-order valence-corrected chi connectivity index (χ2v) is 5.74. The highest BCUT2D eigenvalue weighted by Gasteiger charge is 2.17. The summed E-state index contributed by atoms with van der Waals surface area (Å²) in [5, 5.41) is 11.4. The van der Waals surface area contributed by atoms with Gasteiger partial charge in [-0.15, -0.1) is 0 Å². The van der Waals surface area contributed by atoms with Crippen LogP contribution in [-0.4, -0.2) is 4.92 Å². The van der Waals surface area contributed by atoms with Crippen molar-refractivity contribution in [2.45, 2.75) is 12.3 Å². The van der Waals surface area contributed by atoms with Crippen LogP contribution in [0.25, 0.3) is 0 Å². The number of hydrogen-bond acceptors (Lipinski definition) is 3. The fourth-order valence-electron chi connectivity index (χ4n) is 1.75. The molecular formula is C14H10Br2FNO3. The van der Waals surface area contributed by atoms with E-state index in [9.17, 15) is 14.5 Å². The molecule has 0 bridgehead atoms. The van der Waals surface area contributed by atoms with Crippen molar-refractivity contribution in [2.24, 2.45) is 0 Å². The zero-order valence-electron chi connectivity index (χ0n) is 10.9. The second kappa shape index (κ2) is 6.53. The number of halogens is 3. The summed E-state index contributed by atoms with van der Waals surface area (Å²) in [7, 11) is 0. The number of hydrogen-bond donors (Lipinski definition) is 0. The summed E-state index contributed by atoms with van der Waals surface area (Å²) in [6, 6.07) is 7.58. The molecule has 0 amide bonds. The molecule has 0 fully saturated rings. The first-order chi connectivity index (χ1) is 9.92. The lowest BCUT2D eigenvalue weighted by atomic mass is 10.2. The Bertz CT molecular complexity index is 707. The molecule has 0 radical (unpaired) electrons. The van der Waals surface area contributed by atoms with Crippen molar-refractivity contribution in [1.82, 2.24) is 0 Å². The first-order valence-corrected chi connectivity index (χ1v) is 7.80. The summed E-state index contributed by atoms with van der Waals surface area (Å²) >= 11 is 6.69. The first kappa shape index (κ1) is 15.9. The van der Waals surface area contributed by atoms with E-state index in [1.54, 1.807) is 6.07 Å². The van der Waals surface area contributed by atoms with Crippen molar-refractivity contribution in [3.63, 3.8) is 0 Å². The third kappa shape index (κ3) is 3.59. The van der Waals surface area contributed by atoms with E-state index in [4.69, 9.17) is 4.74 Å². The van der Waals surface area contributed by atoms with E-state index in [0.717, 1.165) is 11.6 Å². The van der Waals surface area contributed by atoms with Gasteiger partial charge in [0.1, 0.15) is 5.75 Å². The molecule has 110 valence electrons. The van der Waals surface area contributed by atoms with Gasteiger partial charge in [0.2, 0.25) is 0 Å². The molecule has 4 nitrogen and oxygen atoms in total. The molecular weight excluding hydrogens is 409 g/mol.